The number of benzene rings is 1. The molecule has 0 fully saturated rings. The molecule has 0 aliphatic carbocycles. The number of hydrogen-bond acceptors (Lipinski definition) is 4. The van der Waals surface area contributed by atoms with Gasteiger partial charge in [-0.1, -0.05) is 17.7 Å². The molecule has 2 aromatic rings. The second-order valence-electron chi connectivity index (χ2n) is 4.00. The minimum atomic E-state index is -1.32. The van der Waals surface area contributed by atoms with E-state index in [4.69, 9.17) is 16.7 Å². The average Bonchev–Trinajstić information content (AvgIpc) is 2.41. The number of hydrogen-bond donors (Lipinski definition) is 2. The van der Waals surface area contributed by atoms with Gasteiger partial charge in [0, 0.05) is 12.4 Å². The van der Waals surface area contributed by atoms with E-state index in [0.717, 1.165) is 5.56 Å². The molecule has 0 unspecified atom stereocenters. The normalized spacial score (nSPS) is 10.1. The van der Waals surface area contributed by atoms with Crippen molar-refractivity contribution in [3.8, 4) is 0 Å². The van der Waals surface area contributed by atoms with E-state index in [1.807, 2.05) is 6.92 Å². The van der Waals surface area contributed by atoms with Crippen LogP contribution in [-0.2, 0) is 0 Å². The van der Waals surface area contributed by atoms with Crippen LogP contribution in [0.25, 0.3) is 0 Å². The Morgan fingerprint density at radius 2 is 1.85 bits per heavy atom. The molecular weight excluding hydrogens is 282 g/mol. The van der Waals surface area contributed by atoms with Gasteiger partial charge >= 0.3 is 5.97 Å². The summed E-state index contributed by atoms with van der Waals surface area (Å²) in [5, 5.41) is 11.8. The van der Waals surface area contributed by atoms with E-state index in [2.05, 4.69) is 15.3 Å². The number of amides is 1. The zero-order chi connectivity index (χ0) is 14.7. The Balaban J connectivity index is 2.31. The van der Waals surface area contributed by atoms with Gasteiger partial charge in [0.1, 0.15) is 0 Å². The number of carbonyl (C=O) groups excluding carboxylic acids is 1. The summed E-state index contributed by atoms with van der Waals surface area (Å²) in [4.78, 5) is 30.4. The van der Waals surface area contributed by atoms with Crippen molar-refractivity contribution < 1.29 is 14.7 Å². The summed E-state index contributed by atoms with van der Waals surface area (Å²) in [6.07, 6.45) is 2.46. The number of halogens is 1. The highest BCUT2D eigenvalue weighted by atomic mass is 35.5. The van der Waals surface area contributed by atoms with Crippen molar-refractivity contribution in [2.75, 3.05) is 5.32 Å². The van der Waals surface area contributed by atoms with Gasteiger partial charge in [-0.15, -0.1) is 0 Å². The monoisotopic (exact) mass is 291 g/mol. The highest BCUT2D eigenvalue weighted by Crippen LogP contribution is 2.23. The standard InChI is InChI=1S/C13H10ClN3O3/c1-7-2-3-9(8(14)6-7)17-12(18)10-11(13(19)20)16-5-4-15-10/h2-6H,1H3,(H,17,18)(H,19,20). The molecule has 1 amide bonds. The van der Waals surface area contributed by atoms with Gasteiger partial charge in [0.05, 0.1) is 10.7 Å². The number of carboxylic acids is 1. The van der Waals surface area contributed by atoms with Gasteiger partial charge in [0.25, 0.3) is 5.91 Å². The number of anilines is 1. The van der Waals surface area contributed by atoms with Crippen molar-refractivity contribution in [1.29, 1.82) is 0 Å². The molecule has 7 heteroatoms. The summed E-state index contributed by atoms with van der Waals surface area (Å²) in [6, 6.07) is 5.09. The Labute approximate surface area is 119 Å². The predicted octanol–water partition coefficient (Wildman–Crippen LogP) is 2.39. The molecular formula is C13H10ClN3O3. The van der Waals surface area contributed by atoms with Gasteiger partial charge in [0.15, 0.2) is 11.4 Å². The summed E-state index contributed by atoms with van der Waals surface area (Å²) in [5.41, 5.74) is 0.646. The number of nitrogens with one attached hydrogen (secondary N) is 1. The number of aromatic nitrogens is 2. The van der Waals surface area contributed by atoms with E-state index >= 15 is 0 Å². The van der Waals surface area contributed by atoms with Crippen LogP contribution in [0, 0.1) is 6.92 Å². The molecule has 2 N–H and O–H groups in total. The summed E-state index contributed by atoms with van der Waals surface area (Å²) in [5.74, 6) is -2.00. The van der Waals surface area contributed by atoms with Gasteiger partial charge in [0.2, 0.25) is 0 Å². The highest BCUT2D eigenvalue weighted by Gasteiger charge is 2.20. The quantitative estimate of drug-likeness (QED) is 0.906. The first-order valence-corrected chi connectivity index (χ1v) is 5.98. The number of aryl methyl sites for hydroxylation is 1. The van der Waals surface area contributed by atoms with Crippen LogP contribution in [0.15, 0.2) is 30.6 Å². The van der Waals surface area contributed by atoms with Gasteiger partial charge in [-0.05, 0) is 24.6 Å². The lowest BCUT2D eigenvalue weighted by Crippen LogP contribution is -2.19. The second kappa shape index (κ2) is 5.66. The van der Waals surface area contributed by atoms with Gasteiger partial charge < -0.3 is 10.4 Å². The largest absolute Gasteiger partial charge is 0.476 e. The molecule has 102 valence electrons. The Kier molecular flexibility index (Phi) is 3.95. The lowest BCUT2D eigenvalue weighted by atomic mass is 10.2. The van der Waals surface area contributed by atoms with E-state index in [-0.39, 0.29) is 5.69 Å². The molecule has 0 saturated carbocycles. The molecule has 20 heavy (non-hydrogen) atoms. The molecule has 1 heterocycles. The molecule has 6 nitrogen and oxygen atoms in total. The summed E-state index contributed by atoms with van der Waals surface area (Å²) in [7, 11) is 0. The van der Waals surface area contributed by atoms with Gasteiger partial charge in [-0.25, -0.2) is 14.8 Å². The van der Waals surface area contributed by atoms with Crippen LogP contribution in [0.2, 0.25) is 5.02 Å². The molecule has 0 saturated heterocycles. The van der Waals surface area contributed by atoms with Crippen LogP contribution in [0.1, 0.15) is 26.5 Å². The van der Waals surface area contributed by atoms with Crippen LogP contribution in [-0.4, -0.2) is 27.0 Å². The molecule has 0 spiro atoms. The minimum absolute atomic E-state index is 0.267. The predicted molar refractivity (Wildman–Crippen MR) is 73.1 cm³/mol. The third kappa shape index (κ3) is 2.92. The molecule has 0 atom stereocenters. The molecule has 2 rings (SSSR count). The van der Waals surface area contributed by atoms with Crippen LogP contribution < -0.4 is 5.32 Å². The Hall–Kier alpha value is -2.47. The zero-order valence-electron chi connectivity index (χ0n) is 10.4. The van der Waals surface area contributed by atoms with Crippen molar-refractivity contribution in [1.82, 2.24) is 9.97 Å². The fourth-order valence-corrected chi connectivity index (χ4v) is 1.85. The van der Waals surface area contributed by atoms with E-state index in [0.29, 0.717) is 10.7 Å². The van der Waals surface area contributed by atoms with E-state index in [9.17, 15) is 9.59 Å². The average molecular weight is 292 g/mol. The van der Waals surface area contributed by atoms with Crippen molar-refractivity contribution in [2.45, 2.75) is 6.92 Å². The number of carbonyl (C=O) groups is 2. The molecule has 0 aliphatic rings. The van der Waals surface area contributed by atoms with Crippen LogP contribution in [0.5, 0.6) is 0 Å². The van der Waals surface area contributed by atoms with Crippen LogP contribution in [0.3, 0.4) is 0 Å². The van der Waals surface area contributed by atoms with E-state index in [1.165, 1.54) is 12.4 Å². The fourth-order valence-electron chi connectivity index (χ4n) is 1.56. The SMILES string of the molecule is Cc1ccc(NC(=O)c2nccnc2C(=O)O)c(Cl)c1. The molecule has 1 aromatic carbocycles. The zero-order valence-corrected chi connectivity index (χ0v) is 11.2. The first-order chi connectivity index (χ1) is 9.49. The third-order valence-electron chi connectivity index (χ3n) is 2.49. The maximum absolute atomic E-state index is 12.0. The van der Waals surface area contributed by atoms with Crippen LogP contribution in [0.4, 0.5) is 5.69 Å². The van der Waals surface area contributed by atoms with E-state index < -0.39 is 17.6 Å². The highest BCUT2D eigenvalue weighted by molar-refractivity contribution is 6.34. The molecule has 0 bridgehead atoms. The Morgan fingerprint density at radius 1 is 1.20 bits per heavy atom. The Bertz CT molecular complexity index is 688. The first kappa shape index (κ1) is 14.0. The smallest absolute Gasteiger partial charge is 0.356 e. The van der Waals surface area contributed by atoms with Crippen molar-refractivity contribution >= 4 is 29.2 Å². The van der Waals surface area contributed by atoms with Crippen molar-refractivity contribution in [3.63, 3.8) is 0 Å². The maximum atomic E-state index is 12.0. The minimum Gasteiger partial charge on any atom is -0.476 e. The van der Waals surface area contributed by atoms with Crippen molar-refractivity contribution in [2.24, 2.45) is 0 Å². The molecule has 0 radical (unpaired) electrons. The maximum Gasteiger partial charge on any atom is 0.356 e. The summed E-state index contributed by atoms with van der Waals surface area (Å²) in [6.45, 7) is 1.86. The number of rotatable bonds is 3. The number of nitrogens with zero attached hydrogens (tertiary/aromatic N) is 2. The topological polar surface area (TPSA) is 92.2 Å². The summed E-state index contributed by atoms with van der Waals surface area (Å²) >= 11 is 6.00. The van der Waals surface area contributed by atoms with Gasteiger partial charge in [-0.3, -0.25) is 4.79 Å². The number of aromatic carboxylic acids is 1. The third-order valence-corrected chi connectivity index (χ3v) is 2.80. The van der Waals surface area contributed by atoms with E-state index in [1.54, 1.807) is 18.2 Å². The fraction of sp³-hybridized carbons (Fsp3) is 0.0769. The van der Waals surface area contributed by atoms with Crippen molar-refractivity contribution in [3.05, 3.63) is 52.6 Å². The van der Waals surface area contributed by atoms with Crippen LogP contribution >= 0.6 is 11.6 Å². The first-order valence-electron chi connectivity index (χ1n) is 5.61. The Morgan fingerprint density at radius 3 is 2.45 bits per heavy atom. The van der Waals surface area contributed by atoms with Gasteiger partial charge in [-0.2, -0.15) is 0 Å². The lowest BCUT2D eigenvalue weighted by molar-refractivity contribution is 0.0685. The summed E-state index contributed by atoms with van der Waals surface area (Å²) < 4.78 is 0. The number of carboxylic acid groups (broad SMARTS) is 1. The molecule has 0 aliphatic heterocycles. The molecule has 1 aromatic heterocycles. The lowest BCUT2D eigenvalue weighted by Gasteiger charge is -2.08. The second-order valence-corrected chi connectivity index (χ2v) is 4.40.